The van der Waals surface area contributed by atoms with E-state index in [1.54, 1.807) is 36.1 Å². The van der Waals surface area contributed by atoms with Gasteiger partial charge in [-0.2, -0.15) is 0 Å². The fourth-order valence-electron chi connectivity index (χ4n) is 3.42. The van der Waals surface area contributed by atoms with E-state index in [-0.39, 0.29) is 12.5 Å². The van der Waals surface area contributed by atoms with Gasteiger partial charge in [-0.05, 0) is 50.6 Å². The first kappa shape index (κ1) is 20.8. The quantitative estimate of drug-likeness (QED) is 0.588. The number of H-pyrrole nitrogens is 1. The highest BCUT2D eigenvalue weighted by molar-refractivity contribution is 5.94. The van der Waals surface area contributed by atoms with Gasteiger partial charge in [-0.25, -0.2) is 4.79 Å². The van der Waals surface area contributed by atoms with E-state index in [1.807, 2.05) is 0 Å². The van der Waals surface area contributed by atoms with Gasteiger partial charge in [0, 0.05) is 30.9 Å². The third kappa shape index (κ3) is 4.75. The van der Waals surface area contributed by atoms with E-state index in [0.717, 1.165) is 6.42 Å². The molecule has 0 spiro atoms. The first-order valence-electron chi connectivity index (χ1n) is 9.58. The van der Waals surface area contributed by atoms with Crippen molar-refractivity contribution in [2.24, 2.45) is 5.73 Å². The molecule has 29 heavy (non-hydrogen) atoms. The van der Waals surface area contributed by atoms with Crippen molar-refractivity contribution in [1.29, 1.82) is 0 Å². The van der Waals surface area contributed by atoms with Gasteiger partial charge in [0.05, 0.1) is 18.2 Å². The Hall–Kier alpha value is -2.91. The number of aromatic amines is 1. The maximum absolute atomic E-state index is 12.9. The number of nitrogens with two attached hydrogens (primary N) is 1. The van der Waals surface area contributed by atoms with Crippen molar-refractivity contribution in [3.63, 3.8) is 0 Å². The number of hydrogen-bond acceptors (Lipinski definition) is 6. The molecule has 4 N–H and O–H groups in total. The molecule has 0 aliphatic carbocycles. The highest BCUT2D eigenvalue weighted by atomic mass is 16.5. The molecular weight excluding hydrogens is 376 g/mol. The summed E-state index contributed by atoms with van der Waals surface area (Å²) in [6.45, 7) is 3.20. The molecule has 2 aromatic rings. The Kier molecular flexibility index (Phi) is 6.19. The van der Waals surface area contributed by atoms with Crippen LogP contribution >= 0.6 is 0 Å². The summed E-state index contributed by atoms with van der Waals surface area (Å²) in [7, 11) is 0. The van der Waals surface area contributed by atoms with Crippen LogP contribution in [0, 0.1) is 0 Å². The zero-order chi connectivity index (χ0) is 21.0. The number of carbonyl (C=O) groups excluding carboxylic acids is 1. The molecule has 1 aliphatic heterocycles. The SMILES string of the molecule is C[C@@]1(O)CCN(C(=O)c2ccc(OCCCN)cc2)C[C@H]1n1ccc(=O)[nH]c1=O. The van der Waals surface area contributed by atoms with E-state index in [9.17, 15) is 19.5 Å². The maximum Gasteiger partial charge on any atom is 0.328 e. The van der Waals surface area contributed by atoms with Crippen LogP contribution in [0.1, 0.15) is 36.2 Å². The Bertz CT molecular complexity index is 964. The van der Waals surface area contributed by atoms with Gasteiger partial charge in [0.15, 0.2) is 0 Å². The predicted octanol–water partition coefficient (Wildman–Crippen LogP) is 0.102. The molecule has 0 saturated carbocycles. The summed E-state index contributed by atoms with van der Waals surface area (Å²) in [6, 6.07) is 7.38. The highest BCUT2D eigenvalue weighted by Gasteiger charge is 2.40. The summed E-state index contributed by atoms with van der Waals surface area (Å²) >= 11 is 0. The fourth-order valence-corrected chi connectivity index (χ4v) is 3.42. The lowest BCUT2D eigenvalue weighted by Crippen LogP contribution is -2.54. The number of piperidine rings is 1. The number of hydrogen-bond donors (Lipinski definition) is 3. The molecule has 2 heterocycles. The average Bonchev–Trinajstić information content (AvgIpc) is 2.69. The molecule has 156 valence electrons. The van der Waals surface area contributed by atoms with Gasteiger partial charge in [-0.1, -0.05) is 0 Å². The highest BCUT2D eigenvalue weighted by Crippen LogP contribution is 2.31. The number of nitrogens with zero attached hydrogens (tertiary/aromatic N) is 2. The van der Waals surface area contributed by atoms with E-state index < -0.39 is 22.9 Å². The molecule has 0 unspecified atom stereocenters. The number of aliphatic hydroxyl groups is 1. The third-order valence-corrected chi connectivity index (χ3v) is 5.19. The molecule has 0 bridgehead atoms. The minimum atomic E-state index is -1.19. The van der Waals surface area contributed by atoms with E-state index >= 15 is 0 Å². The average molecular weight is 402 g/mol. The summed E-state index contributed by atoms with van der Waals surface area (Å²) < 4.78 is 6.82. The normalized spacial score (nSPS) is 21.8. The Labute approximate surface area is 167 Å². The van der Waals surface area contributed by atoms with Gasteiger partial charge in [0.2, 0.25) is 0 Å². The number of amides is 1. The maximum atomic E-state index is 12.9. The molecule has 9 nitrogen and oxygen atoms in total. The van der Waals surface area contributed by atoms with Crippen molar-refractivity contribution >= 4 is 5.91 Å². The lowest BCUT2D eigenvalue weighted by atomic mass is 9.87. The molecular formula is C20H26N4O5. The van der Waals surface area contributed by atoms with Crippen LogP contribution in [0.4, 0.5) is 0 Å². The van der Waals surface area contributed by atoms with Crippen LogP contribution in [-0.4, -0.2) is 57.3 Å². The summed E-state index contributed by atoms with van der Waals surface area (Å²) in [5.41, 5.74) is 3.61. The summed E-state index contributed by atoms with van der Waals surface area (Å²) in [5.74, 6) is 0.464. The molecule has 1 fully saturated rings. The number of carbonyl (C=O) groups is 1. The lowest BCUT2D eigenvalue weighted by molar-refractivity contribution is -0.0459. The van der Waals surface area contributed by atoms with Crippen molar-refractivity contribution in [2.75, 3.05) is 26.2 Å². The van der Waals surface area contributed by atoms with Gasteiger partial charge in [-0.3, -0.25) is 19.1 Å². The van der Waals surface area contributed by atoms with Gasteiger partial charge in [0.25, 0.3) is 11.5 Å². The minimum absolute atomic E-state index is 0.145. The molecule has 3 rings (SSSR count). The Morgan fingerprint density at radius 2 is 2.03 bits per heavy atom. The molecule has 1 amide bonds. The number of benzene rings is 1. The van der Waals surface area contributed by atoms with Crippen molar-refractivity contribution < 1.29 is 14.6 Å². The van der Waals surface area contributed by atoms with E-state index in [4.69, 9.17) is 10.5 Å². The molecule has 1 aliphatic rings. The standard InChI is InChI=1S/C20H26N4O5/c1-20(28)8-11-23(13-16(20)24-10-7-17(25)22-19(24)27)18(26)14-3-5-15(6-4-14)29-12-2-9-21/h3-7,10,16,28H,2,8-9,11-13,21H2,1H3,(H,22,25,27)/t16-,20-/m1/s1. The lowest BCUT2D eigenvalue weighted by Gasteiger charge is -2.43. The monoisotopic (exact) mass is 402 g/mol. The Morgan fingerprint density at radius 3 is 2.69 bits per heavy atom. The Balaban J connectivity index is 1.76. The van der Waals surface area contributed by atoms with Crippen LogP contribution < -0.4 is 21.7 Å². The number of nitrogens with one attached hydrogen (secondary N) is 1. The van der Waals surface area contributed by atoms with Crippen molar-refractivity contribution in [2.45, 2.75) is 31.4 Å². The molecule has 2 atom stereocenters. The number of likely N-dealkylation sites (tertiary alicyclic amines) is 1. The second-order valence-corrected chi connectivity index (χ2v) is 7.41. The van der Waals surface area contributed by atoms with Gasteiger partial charge >= 0.3 is 5.69 Å². The first-order valence-corrected chi connectivity index (χ1v) is 9.58. The van der Waals surface area contributed by atoms with Crippen LogP contribution in [-0.2, 0) is 0 Å². The molecule has 9 heteroatoms. The second-order valence-electron chi connectivity index (χ2n) is 7.41. The molecule has 1 saturated heterocycles. The van der Waals surface area contributed by atoms with E-state index in [2.05, 4.69) is 4.98 Å². The Morgan fingerprint density at radius 1 is 1.31 bits per heavy atom. The van der Waals surface area contributed by atoms with Gasteiger partial charge < -0.3 is 20.5 Å². The minimum Gasteiger partial charge on any atom is -0.494 e. The van der Waals surface area contributed by atoms with Gasteiger partial charge in [-0.15, -0.1) is 0 Å². The van der Waals surface area contributed by atoms with Crippen LogP contribution in [0.3, 0.4) is 0 Å². The van der Waals surface area contributed by atoms with Crippen molar-refractivity contribution in [1.82, 2.24) is 14.5 Å². The second kappa shape index (κ2) is 8.62. The smallest absolute Gasteiger partial charge is 0.328 e. The van der Waals surface area contributed by atoms with Crippen LogP contribution in [0.25, 0.3) is 0 Å². The molecule has 0 radical (unpaired) electrons. The number of ether oxygens (including phenoxy) is 1. The summed E-state index contributed by atoms with van der Waals surface area (Å²) in [5, 5.41) is 10.8. The first-order chi connectivity index (χ1) is 13.8. The molecule has 1 aromatic heterocycles. The van der Waals surface area contributed by atoms with Crippen LogP contribution in [0.5, 0.6) is 5.75 Å². The number of aromatic nitrogens is 2. The van der Waals surface area contributed by atoms with Crippen LogP contribution in [0.2, 0.25) is 0 Å². The summed E-state index contributed by atoms with van der Waals surface area (Å²) in [4.78, 5) is 40.3. The largest absolute Gasteiger partial charge is 0.494 e. The summed E-state index contributed by atoms with van der Waals surface area (Å²) in [6.07, 6.45) is 2.40. The zero-order valence-electron chi connectivity index (χ0n) is 16.3. The fraction of sp³-hybridized carbons (Fsp3) is 0.450. The molecule has 1 aromatic carbocycles. The van der Waals surface area contributed by atoms with E-state index in [1.165, 1.54) is 16.8 Å². The van der Waals surface area contributed by atoms with E-state index in [0.29, 0.717) is 37.4 Å². The van der Waals surface area contributed by atoms with Crippen LogP contribution in [0.15, 0.2) is 46.1 Å². The predicted molar refractivity (Wildman–Crippen MR) is 107 cm³/mol. The van der Waals surface area contributed by atoms with Gasteiger partial charge in [0.1, 0.15) is 5.75 Å². The number of rotatable bonds is 6. The van der Waals surface area contributed by atoms with Crippen molar-refractivity contribution in [3.05, 3.63) is 62.9 Å². The third-order valence-electron chi connectivity index (χ3n) is 5.19. The topological polar surface area (TPSA) is 131 Å². The zero-order valence-corrected chi connectivity index (χ0v) is 16.3. The van der Waals surface area contributed by atoms with Crippen molar-refractivity contribution in [3.8, 4) is 5.75 Å².